The lowest BCUT2D eigenvalue weighted by atomic mass is 10.1. The molecular formula is C18H24ClN3O3S2. The number of carbonyl (C=O) groups is 1. The number of rotatable bonds is 9. The van der Waals surface area contributed by atoms with E-state index in [4.69, 9.17) is 5.73 Å². The lowest BCUT2D eigenvalue weighted by Gasteiger charge is -2.09. The van der Waals surface area contributed by atoms with Gasteiger partial charge in [-0.3, -0.25) is 4.79 Å². The summed E-state index contributed by atoms with van der Waals surface area (Å²) in [5.41, 5.74) is 7.42. The summed E-state index contributed by atoms with van der Waals surface area (Å²) in [6.45, 7) is 2.47. The average molecular weight is 430 g/mol. The van der Waals surface area contributed by atoms with Gasteiger partial charge in [-0.1, -0.05) is 25.1 Å². The average Bonchev–Trinajstić information content (AvgIpc) is 2.65. The summed E-state index contributed by atoms with van der Waals surface area (Å²) in [5.74, 6) is 1.67. The number of sulfonamides is 1. The van der Waals surface area contributed by atoms with Crippen LogP contribution in [0.15, 0.2) is 53.4 Å². The number of halogens is 1. The minimum atomic E-state index is -3.64. The molecule has 0 bridgehead atoms. The van der Waals surface area contributed by atoms with Crippen molar-refractivity contribution in [2.24, 2.45) is 5.73 Å². The topological polar surface area (TPSA) is 101 Å². The SMILES string of the molecule is CCSCc1ccc(C(=O)Nc2cccc(S(=O)(=O)NCCN)c2)cc1.Cl. The molecule has 4 N–H and O–H groups in total. The zero-order chi connectivity index (χ0) is 19.0. The van der Waals surface area contributed by atoms with Crippen molar-refractivity contribution in [2.75, 3.05) is 24.2 Å². The zero-order valence-corrected chi connectivity index (χ0v) is 17.4. The Morgan fingerprint density at radius 2 is 1.85 bits per heavy atom. The van der Waals surface area contributed by atoms with Crippen LogP contribution in [0.2, 0.25) is 0 Å². The summed E-state index contributed by atoms with van der Waals surface area (Å²) in [5, 5.41) is 2.73. The first-order valence-corrected chi connectivity index (χ1v) is 10.9. The largest absolute Gasteiger partial charge is 0.329 e. The Hall–Kier alpha value is -1.58. The highest BCUT2D eigenvalue weighted by Gasteiger charge is 2.14. The fourth-order valence-corrected chi connectivity index (χ4v) is 3.92. The first kappa shape index (κ1) is 23.5. The minimum absolute atomic E-state index is 0. The van der Waals surface area contributed by atoms with Crippen molar-refractivity contribution in [2.45, 2.75) is 17.6 Å². The molecule has 1 amide bonds. The van der Waals surface area contributed by atoms with Gasteiger partial charge in [-0.2, -0.15) is 11.8 Å². The number of carbonyl (C=O) groups excluding carboxylic acids is 1. The fraction of sp³-hybridized carbons (Fsp3) is 0.278. The number of thioether (sulfide) groups is 1. The van der Waals surface area contributed by atoms with Gasteiger partial charge < -0.3 is 11.1 Å². The predicted octanol–water partition coefficient (Wildman–Crippen LogP) is 2.85. The highest BCUT2D eigenvalue weighted by Crippen LogP contribution is 2.17. The predicted molar refractivity (Wildman–Crippen MR) is 114 cm³/mol. The van der Waals surface area contributed by atoms with E-state index in [2.05, 4.69) is 17.0 Å². The molecule has 2 rings (SSSR count). The summed E-state index contributed by atoms with van der Waals surface area (Å²) in [6, 6.07) is 13.5. The molecule has 0 aliphatic rings. The Bertz CT molecular complexity index is 843. The first-order chi connectivity index (χ1) is 12.5. The third kappa shape index (κ3) is 7.15. The van der Waals surface area contributed by atoms with E-state index in [-0.39, 0.29) is 36.3 Å². The number of nitrogens with two attached hydrogens (primary N) is 1. The van der Waals surface area contributed by atoms with E-state index in [1.165, 1.54) is 12.1 Å². The molecule has 0 unspecified atom stereocenters. The molecule has 9 heteroatoms. The van der Waals surface area contributed by atoms with Crippen LogP contribution >= 0.6 is 24.2 Å². The van der Waals surface area contributed by atoms with Crippen LogP contribution in [0.1, 0.15) is 22.8 Å². The smallest absolute Gasteiger partial charge is 0.255 e. The van der Waals surface area contributed by atoms with Crippen molar-refractivity contribution in [3.8, 4) is 0 Å². The van der Waals surface area contributed by atoms with Crippen molar-refractivity contribution in [3.63, 3.8) is 0 Å². The maximum Gasteiger partial charge on any atom is 0.255 e. The molecule has 0 aliphatic carbocycles. The lowest BCUT2D eigenvalue weighted by molar-refractivity contribution is 0.102. The summed E-state index contributed by atoms with van der Waals surface area (Å²) < 4.78 is 26.7. The third-order valence-electron chi connectivity index (χ3n) is 3.53. The van der Waals surface area contributed by atoms with Crippen molar-refractivity contribution in [1.29, 1.82) is 0 Å². The Balaban J connectivity index is 0.00000364. The monoisotopic (exact) mass is 429 g/mol. The van der Waals surface area contributed by atoms with Crippen molar-refractivity contribution in [3.05, 3.63) is 59.7 Å². The molecule has 27 heavy (non-hydrogen) atoms. The maximum atomic E-state index is 12.4. The minimum Gasteiger partial charge on any atom is -0.329 e. The van der Waals surface area contributed by atoms with Gasteiger partial charge in [-0.25, -0.2) is 13.1 Å². The van der Waals surface area contributed by atoms with Crippen LogP contribution in [-0.2, 0) is 15.8 Å². The van der Waals surface area contributed by atoms with Crippen molar-refractivity contribution in [1.82, 2.24) is 4.72 Å². The highest BCUT2D eigenvalue weighted by atomic mass is 35.5. The molecule has 2 aromatic carbocycles. The molecule has 6 nitrogen and oxygen atoms in total. The van der Waals surface area contributed by atoms with Gasteiger partial charge in [0.25, 0.3) is 5.91 Å². The number of hydrogen-bond donors (Lipinski definition) is 3. The van der Waals surface area contributed by atoms with Gasteiger partial charge >= 0.3 is 0 Å². The van der Waals surface area contributed by atoms with E-state index in [0.29, 0.717) is 11.3 Å². The first-order valence-electron chi connectivity index (χ1n) is 8.24. The summed E-state index contributed by atoms with van der Waals surface area (Å²) >= 11 is 1.82. The van der Waals surface area contributed by atoms with Crippen LogP contribution in [0.4, 0.5) is 5.69 Å². The molecule has 2 aromatic rings. The standard InChI is InChI=1S/C18H23N3O3S2.ClH/c1-2-25-13-14-6-8-15(9-7-14)18(22)21-16-4-3-5-17(12-16)26(23,24)20-11-10-19;/h3-9,12,20H,2,10-11,13,19H2,1H3,(H,21,22);1H. The Labute approximate surface area is 170 Å². The normalized spacial score (nSPS) is 10.9. The van der Waals surface area contributed by atoms with Crippen LogP contribution in [0.3, 0.4) is 0 Å². The molecule has 0 atom stereocenters. The van der Waals surface area contributed by atoms with Crippen LogP contribution < -0.4 is 15.8 Å². The van der Waals surface area contributed by atoms with Gasteiger partial charge in [0.05, 0.1) is 4.90 Å². The molecule has 0 spiro atoms. The van der Waals surface area contributed by atoms with Crippen LogP contribution in [0.25, 0.3) is 0 Å². The van der Waals surface area contributed by atoms with Gasteiger partial charge in [0, 0.05) is 30.1 Å². The van der Waals surface area contributed by atoms with E-state index in [9.17, 15) is 13.2 Å². The zero-order valence-electron chi connectivity index (χ0n) is 15.0. The Morgan fingerprint density at radius 1 is 1.15 bits per heavy atom. The van der Waals surface area contributed by atoms with Crippen LogP contribution in [0, 0.1) is 0 Å². The highest BCUT2D eigenvalue weighted by molar-refractivity contribution is 7.98. The second kappa shape index (κ2) is 11.3. The number of anilines is 1. The third-order valence-corrected chi connectivity index (χ3v) is 5.93. The maximum absolute atomic E-state index is 12.4. The van der Waals surface area contributed by atoms with Crippen LogP contribution in [0.5, 0.6) is 0 Å². The van der Waals surface area contributed by atoms with Gasteiger partial charge in [0.15, 0.2) is 0 Å². The molecule has 0 radical (unpaired) electrons. The molecule has 0 heterocycles. The number of hydrogen-bond acceptors (Lipinski definition) is 5. The second-order valence-corrected chi connectivity index (χ2v) is 8.54. The van der Waals surface area contributed by atoms with E-state index in [1.807, 2.05) is 23.9 Å². The molecule has 0 aliphatic heterocycles. The fourth-order valence-electron chi connectivity index (χ4n) is 2.19. The van der Waals surface area contributed by atoms with E-state index < -0.39 is 10.0 Å². The van der Waals surface area contributed by atoms with Crippen LogP contribution in [-0.4, -0.2) is 33.2 Å². The van der Waals surface area contributed by atoms with Gasteiger partial charge in [0.1, 0.15) is 0 Å². The van der Waals surface area contributed by atoms with Gasteiger partial charge in [-0.15, -0.1) is 12.4 Å². The van der Waals surface area contributed by atoms with Crippen molar-refractivity contribution < 1.29 is 13.2 Å². The summed E-state index contributed by atoms with van der Waals surface area (Å²) in [7, 11) is -3.64. The lowest BCUT2D eigenvalue weighted by Crippen LogP contribution is -2.29. The second-order valence-electron chi connectivity index (χ2n) is 5.50. The summed E-state index contributed by atoms with van der Waals surface area (Å²) in [6.07, 6.45) is 0. The number of amides is 1. The summed E-state index contributed by atoms with van der Waals surface area (Å²) in [4.78, 5) is 12.5. The molecule has 0 saturated heterocycles. The number of nitrogens with one attached hydrogen (secondary N) is 2. The Morgan fingerprint density at radius 3 is 2.48 bits per heavy atom. The quantitative estimate of drug-likeness (QED) is 0.569. The molecule has 0 fully saturated rings. The van der Waals surface area contributed by atoms with Gasteiger partial charge in [0.2, 0.25) is 10.0 Å². The van der Waals surface area contributed by atoms with E-state index in [1.54, 1.807) is 24.3 Å². The van der Waals surface area contributed by atoms with Crippen molar-refractivity contribution >= 4 is 45.8 Å². The van der Waals surface area contributed by atoms with E-state index >= 15 is 0 Å². The number of benzene rings is 2. The molecule has 0 saturated carbocycles. The Kier molecular flexibility index (Phi) is 9.82. The molecule has 0 aromatic heterocycles. The van der Waals surface area contributed by atoms with Gasteiger partial charge in [-0.05, 0) is 41.6 Å². The molecular weight excluding hydrogens is 406 g/mol. The van der Waals surface area contributed by atoms with E-state index in [0.717, 1.165) is 17.1 Å². The molecule has 148 valence electrons.